The first-order valence-electron chi connectivity index (χ1n) is 2.43. The molecule has 0 bridgehead atoms. The van der Waals surface area contributed by atoms with Gasteiger partial charge in [0.1, 0.15) is 10.1 Å². The predicted molar refractivity (Wildman–Crippen MR) is 41.8 cm³/mol. The molecule has 0 aromatic carbocycles. The SMILES string of the molecule is O=S(=O)([O-])C(Cl)(Cl)CC(O)(O)Cl.[Na+]. The second-order valence-corrected chi connectivity index (χ2v) is 6.13. The third kappa shape index (κ3) is 6.72. The number of halogens is 3. The Morgan fingerprint density at radius 2 is 1.54 bits per heavy atom. The maximum atomic E-state index is 10.2. The summed E-state index contributed by atoms with van der Waals surface area (Å²) >= 11 is 14.7. The summed E-state index contributed by atoms with van der Waals surface area (Å²) in [7, 11) is -5.06. The predicted octanol–water partition coefficient (Wildman–Crippen LogP) is -3.07. The van der Waals surface area contributed by atoms with Gasteiger partial charge in [-0.15, -0.1) is 0 Å². The molecule has 0 spiro atoms. The average Bonchev–Trinajstić information content (AvgIpc) is 1.52. The fourth-order valence-electron chi connectivity index (χ4n) is 0.350. The average molecular weight is 281 g/mol. The van der Waals surface area contributed by atoms with Crippen LogP contribution < -0.4 is 29.6 Å². The van der Waals surface area contributed by atoms with E-state index in [1.807, 2.05) is 0 Å². The van der Waals surface area contributed by atoms with Crippen molar-refractivity contribution >= 4 is 44.9 Å². The Morgan fingerprint density at radius 3 is 1.62 bits per heavy atom. The summed E-state index contributed by atoms with van der Waals surface area (Å²) in [5, 5.41) is 14.0. The molecular weight excluding hydrogens is 277 g/mol. The Labute approximate surface area is 112 Å². The van der Waals surface area contributed by atoms with Crippen molar-refractivity contribution in [1.29, 1.82) is 0 Å². The van der Waals surface area contributed by atoms with Gasteiger partial charge in [-0.1, -0.05) is 34.8 Å². The molecule has 0 rings (SSSR count). The van der Waals surface area contributed by atoms with Crippen LogP contribution in [0.5, 0.6) is 0 Å². The second-order valence-electron chi connectivity index (χ2n) is 1.99. The van der Waals surface area contributed by atoms with Crippen LogP contribution >= 0.6 is 34.8 Å². The smallest absolute Gasteiger partial charge is 0.746 e. The minimum absolute atomic E-state index is 0. The maximum Gasteiger partial charge on any atom is 1.00 e. The zero-order chi connectivity index (χ0) is 10.2. The van der Waals surface area contributed by atoms with Gasteiger partial charge >= 0.3 is 29.6 Å². The van der Waals surface area contributed by atoms with Crippen LogP contribution in [-0.2, 0) is 10.1 Å². The van der Waals surface area contributed by atoms with Gasteiger partial charge in [0.05, 0.1) is 6.42 Å². The number of rotatable bonds is 3. The van der Waals surface area contributed by atoms with Crippen molar-refractivity contribution in [3.8, 4) is 0 Å². The molecule has 0 aliphatic carbocycles. The summed E-state index contributed by atoms with van der Waals surface area (Å²) in [6, 6.07) is 0. The molecule has 10 heteroatoms. The summed E-state index contributed by atoms with van der Waals surface area (Å²) in [6.45, 7) is 0. The summed E-state index contributed by atoms with van der Waals surface area (Å²) in [5.74, 6) is 0. The molecule has 0 amide bonds. The van der Waals surface area contributed by atoms with Crippen molar-refractivity contribution in [2.45, 2.75) is 15.3 Å². The van der Waals surface area contributed by atoms with Crippen molar-refractivity contribution < 1.29 is 52.7 Å². The molecule has 0 fully saturated rings. The van der Waals surface area contributed by atoms with Crippen LogP contribution in [0, 0.1) is 0 Å². The van der Waals surface area contributed by atoms with Gasteiger partial charge in [-0.05, 0) is 0 Å². The molecule has 74 valence electrons. The van der Waals surface area contributed by atoms with Crippen molar-refractivity contribution in [2.24, 2.45) is 0 Å². The van der Waals surface area contributed by atoms with E-state index in [4.69, 9.17) is 45.0 Å². The first-order chi connectivity index (χ1) is 4.96. The molecule has 0 saturated carbocycles. The van der Waals surface area contributed by atoms with Gasteiger partial charge in [-0.25, -0.2) is 8.42 Å². The molecular formula is C3H4Cl3NaO5S. The number of alkyl halides is 3. The van der Waals surface area contributed by atoms with Crippen LogP contribution in [-0.4, -0.2) is 32.1 Å². The maximum absolute atomic E-state index is 10.2. The normalized spacial score (nSPS) is 13.7. The van der Waals surface area contributed by atoms with Crippen LogP contribution in [0.1, 0.15) is 6.42 Å². The van der Waals surface area contributed by atoms with Gasteiger partial charge in [-0.3, -0.25) is 0 Å². The molecule has 0 aromatic rings. The third-order valence-corrected chi connectivity index (χ3v) is 3.21. The Morgan fingerprint density at radius 1 is 1.23 bits per heavy atom. The molecule has 0 radical (unpaired) electrons. The minimum atomic E-state index is -5.06. The Balaban J connectivity index is 0. The molecule has 0 aliphatic heterocycles. The molecule has 2 N–H and O–H groups in total. The molecule has 0 saturated heterocycles. The molecule has 0 atom stereocenters. The first-order valence-corrected chi connectivity index (χ1v) is 4.97. The minimum Gasteiger partial charge on any atom is -0.746 e. The van der Waals surface area contributed by atoms with Crippen molar-refractivity contribution in [2.75, 3.05) is 0 Å². The van der Waals surface area contributed by atoms with E-state index >= 15 is 0 Å². The number of aliphatic hydroxyl groups is 2. The molecule has 13 heavy (non-hydrogen) atoms. The van der Waals surface area contributed by atoms with Crippen molar-refractivity contribution in [1.82, 2.24) is 0 Å². The summed E-state index contributed by atoms with van der Waals surface area (Å²) < 4.78 is 27.8. The van der Waals surface area contributed by atoms with E-state index in [1.165, 1.54) is 0 Å². The van der Waals surface area contributed by atoms with Crippen LogP contribution in [0.3, 0.4) is 0 Å². The Bertz CT molecular complexity index is 257. The third-order valence-electron chi connectivity index (χ3n) is 0.796. The van der Waals surface area contributed by atoms with Crippen molar-refractivity contribution in [3.05, 3.63) is 0 Å². The number of hydrogen-bond acceptors (Lipinski definition) is 5. The standard InChI is InChI=1S/C3H5Cl3O5S.Na/c4-2(5,12(9,10)11)1-3(6,7)8;/h7-8H,1H2,(H,9,10,11);/q;+1/p-1. The zero-order valence-corrected chi connectivity index (χ0v) is 11.5. The van der Waals surface area contributed by atoms with Crippen LogP contribution in [0.15, 0.2) is 0 Å². The fraction of sp³-hybridized carbons (Fsp3) is 1.00. The zero-order valence-electron chi connectivity index (χ0n) is 6.37. The topological polar surface area (TPSA) is 97.7 Å². The van der Waals surface area contributed by atoms with Gasteiger partial charge in [0.2, 0.25) is 8.91 Å². The van der Waals surface area contributed by atoms with Gasteiger partial charge in [0, 0.05) is 0 Å². The number of hydrogen-bond donors (Lipinski definition) is 2. The Hall–Kier alpha value is 1.70. The van der Waals surface area contributed by atoms with Crippen LogP contribution in [0.4, 0.5) is 0 Å². The van der Waals surface area contributed by atoms with Gasteiger partial charge in [0.15, 0.2) is 0 Å². The Kier molecular flexibility index (Phi) is 6.79. The van der Waals surface area contributed by atoms with E-state index in [0.29, 0.717) is 0 Å². The molecule has 0 heterocycles. The van der Waals surface area contributed by atoms with E-state index in [0.717, 1.165) is 0 Å². The molecule has 0 aliphatic rings. The van der Waals surface area contributed by atoms with E-state index in [2.05, 4.69) is 0 Å². The molecule has 5 nitrogen and oxygen atoms in total. The van der Waals surface area contributed by atoms with E-state index in [-0.39, 0.29) is 29.6 Å². The van der Waals surface area contributed by atoms with Gasteiger partial charge in [0.25, 0.3) is 0 Å². The van der Waals surface area contributed by atoms with E-state index in [9.17, 15) is 13.0 Å². The van der Waals surface area contributed by atoms with E-state index < -0.39 is 25.5 Å². The van der Waals surface area contributed by atoms with Gasteiger partial charge in [-0.2, -0.15) is 0 Å². The summed E-state index contributed by atoms with van der Waals surface area (Å²) in [6.07, 6.45) is -1.21. The molecule has 0 aromatic heterocycles. The second kappa shape index (κ2) is 5.16. The van der Waals surface area contributed by atoms with Crippen molar-refractivity contribution in [3.63, 3.8) is 0 Å². The summed E-state index contributed by atoms with van der Waals surface area (Å²) in [4.78, 5) is 0. The quantitative estimate of drug-likeness (QED) is 0.248. The first kappa shape index (κ1) is 17.1. The largest absolute Gasteiger partial charge is 1.00 e. The van der Waals surface area contributed by atoms with Crippen LogP contribution in [0.2, 0.25) is 0 Å². The van der Waals surface area contributed by atoms with Crippen LogP contribution in [0.25, 0.3) is 0 Å². The monoisotopic (exact) mass is 280 g/mol. The van der Waals surface area contributed by atoms with Gasteiger partial charge < -0.3 is 14.8 Å². The molecule has 0 unspecified atom stereocenters. The van der Waals surface area contributed by atoms with E-state index in [1.54, 1.807) is 0 Å². The summed E-state index contributed by atoms with van der Waals surface area (Å²) in [5.41, 5.74) is 0. The fourth-order valence-corrected chi connectivity index (χ4v) is 1.52.